The van der Waals surface area contributed by atoms with Crippen molar-refractivity contribution in [1.82, 2.24) is 0 Å². The van der Waals surface area contributed by atoms with Crippen LogP contribution < -0.4 is 9.75 Å². The zero-order chi connectivity index (χ0) is 15.6. The van der Waals surface area contributed by atoms with E-state index in [0.29, 0.717) is 13.2 Å². The van der Waals surface area contributed by atoms with Gasteiger partial charge in [-0.3, -0.25) is 5.01 Å². The van der Waals surface area contributed by atoms with Crippen LogP contribution in [-0.4, -0.2) is 26.5 Å². The fourth-order valence-corrected chi connectivity index (χ4v) is 1.80. The Kier molecular flexibility index (Phi) is 6.05. The lowest BCUT2D eigenvalue weighted by atomic mass is 10.2. The zero-order valence-electron chi connectivity index (χ0n) is 12.7. The van der Waals surface area contributed by atoms with Crippen molar-refractivity contribution in [3.63, 3.8) is 0 Å². The average Bonchev–Trinajstić information content (AvgIpc) is 2.58. The number of hydrazone groups is 1. The molecule has 0 fully saturated rings. The van der Waals surface area contributed by atoms with Gasteiger partial charge in [0.1, 0.15) is 19.0 Å². The minimum absolute atomic E-state index is 0.495. The van der Waals surface area contributed by atoms with Gasteiger partial charge in [0.2, 0.25) is 0 Å². The molecule has 0 heterocycles. The molecular formula is C18H20N2O2. The summed E-state index contributed by atoms with van der Waals surface area (Å²) in [7, 11) is 1.92. The van der Waals surface area contributed by atoms with Gasteiger partial charge in [-0.1, -0.05) is 24.8 Å². The smallest absolute Gasteiger partial charge is 0.122 e. The summed E-state index contributed by atoms with van der Waals surface area (Å²) in [6.07, 6.45) is 3.23. The maximum atomic E-state index is 5.53. The van der Waals surface area contributed by atoms with Gasteiger partial charge in [0.15, 0.2) is 0 Å². The van der Waals surface area contributed by atoms with Crippen molar-refractivity contribution in [1.29, 1.82) is 0 Å². The molecule has 0 spiro atoms. The minimum atomic E-state index is 0.495. The van der Waals surface area contributed by atoms with E-state index in [2.05, 4.69) is 11.7 Å². The summed E-state index contributed by atoms with van der Waals surface area (Å²) in [4.78, 5) is 0. The topological polar surface area (TPSA) is 34.1 Å². The van der Waals surface area contributed by atoms with Gasteiger partial charge >= 0.3 is 0 Å². The van der Waals surface area contributed by atoms with Crippen LogP contribution in [0.15, 0.2) is 72.5 Å². The van der Waals surface area contributed by atoms with Gasteiger partial charge in [0.05, 0.1) is 18.2 Å². The van der Waals surface area contributed by atoms with Gasteiger partial charge in [-0.2, -0.15) is 5.10 Å². The van der Waals surface area contributed by atoms with Crippen LogP contribution in [0, 0.1) is 0 Å². The van der Waals surface area contributed by atoms with E-state index in [1.54, 1.807) is 0 Å². The van der Waals surface area contributed by atoms with Crippen LogP contribution in [0.3, 0.4) is 0 Å². The molecule has 0 radical (unpaired) electrons. The van der Waals surface area contributed by atoms with Crippen LogP contribution in [0.25, 0.3) is 0 Å². The van der Waals surface area contributed by atoms with Gasteiger partial charge in [0, 0.05) is 7.05 Å². The van der Waals surface area contributed by atoms with E-state index in [0.717, 1.165) is 17.0 Å². The number of anilines is 1. The fraction of sp³-hybridized carbons (Fsp3) is 0.167. The van der Waals surface area contributed by atoms with Crippen molar-refractivity contribution in [2.45, 2.75) is 0 Å². The second-order valence-corrected chi connectivity index (χ2v) is 4.56. The van der Waals surface area contributed by atoms with Crippen LogP contribution >= 0.6 is 0 Å². The fourth-order valence-electron chi connectivity index (χ4n) is 1.80. The highest BCUT2D eigenvalue weighted by molar-refractivity contribution is 5.80. The van der Waals surface area contributed by atoms with Crippen molar-refractivity contribution in [2.24, 2.45) is 5.10 Å². The molecule has 0 unspecified atom stereocenters. The molecule has 0 saturated heterocycles. The zero-order valence-corrected chi connectivity index (χ0v) is 12.7. The summed E-state index contributed by atoms with van der Waals surface area (Å²) >= 11 is 0. The van der Waals surface area contributed by atoms with Crippen LogP contribution in [0.4, 0.5) is 5.69 Å². The van der Waals surface area contributed by atoms with Crippen LogP contribution in [-0.2, 0) is 4.74 Å². The lowest BCUT2D eigenvalue weighted by Crippen LogP contribution is -2.08. The molecule has 0 atom stereocenters. The van der Waals surface area contributed by atoms with Crippen molar-refractivity contribution in [3.05, 3.63) is 73.0 Å². The molecule has 2 aromatic carbocycles. The Morgan fingerprint density at radius 1 is 1.05 bits per heavy atom. The van der Waals surface area contributed by atoms with Gasteiger partial charge in [-0.15, -0.1) is 0 Å². The maximum absolute atomic E-state index is 5.53. The first-order chi connectivity index (χ1) is 10.8. The van der Waals surface area contributed by atoms with Crippen LogP contribution in [0.1, 0.15) is 5.56 Å². The molecule has 2 rings (SSSR count). The average molecular weight is 296 g/mol. The molecule has 0 amide bonds. The van der Waals surface area contributed by atoms with E-state index >= 15 is 0 Å². The van der Waals surface area contributed by atoms with Crippen LogP contribution in [0.2, 0.25) is 0 Å². The number of hydrogen-bond acceptors (Lipinski definition) is 4. The quantitative estimate of drug-likeness (QED) is 0.322. The number of ether oxygens (including phenoxy) is 2. The molecule has 0 aliphatic carbocycles. The largest absolute Gasteiger partial charge is 0.498 e. The lowest BCUT2D eigenvalue weighted by Gasteiger charge is -2.12. The van der Waals surface area contributed by atoms with E-state index in [4.69, 9.17) is 9.47 Å². The molecular weight excluding hydrogens is 276 g/mol. The summed E-state index contributed by atoms with van der Waals surface area (Å²) in [5.41, 5.74) is 2.05. The standard InChI is InChI=1S/C18H20N2O2/c1-3-21-13-14-22-18-11-9-16(10-12-18)15-19-20(2)17-7-5-4-6-8-17/h3-12,15H,1,13-14H2,2H3. The third-order valence-electron chi connectivity index (χ3n) is 2.98. The molecule has 4 heteroatoms. The monoisotopic (exact) mass is 296 g/mol. The van der Waals surface area contributed by atoms with E-state index in [-0.39, 0.29) is 0 Å². The second-order valence-electron chi connectivity index (χ2n) is 4.56. The Labute approximate surface area is 131 Å². The van der Waals surface area contributed by atoms with Gasteiger partial charge in [-0.05, 0) is 42.0 Å². The van der Waals surface area contributed by atoms with Gasteiger partial charge < -0.3 is 9.47 Å². The molecule has 114 valence electrons. The summed E-state index contributed by atoms with van der Waals surface area (Å²) in [5, 5.41) is 6.25. The Morgan fingerprint density at radius 2 is 1.77 bits per heavy atom. The van der Waals surface area contributed by atoms with E-state index in [1.165, 1.54) is 6.26 Å². The van der Waals surface area contributed by atoms with E-state index in [1.807, 2.05) is 72.9 Å². The predicted octanol–water partition coefficient (Wildman–Crippen LogP) is 3.70. The van der Waals surface area contributed by atoms with E-state index in [9.17, 15) is 0 Å². The Balaban J connectivity index is 1.88. The molecule has 0 aliphatic rings. The highest BCUT2D eigenvalue weighted by Gasteiger charge is 1.97. The minimum Gasteiger partial charge on any atom is -0.498 e. The van der Waals surface area contributed by atoms with Crippen molar-refractivity contribution in [3.8, 4) is 5.75 Å². The third kappa shape index (κ3) is 4.98. The van der Waals surface area contributed by atoms with Gasteiger partial charge in [0.25, 0.3) is 0 Å². The normalized spacial score (nSPS) is 10.4. The Bertz CT molecular complexity index is 594. The number of rotatable bonds is 8. The first-order valence-electron chi connectivity index (χ1n) is 7.08. The second kappa shape index (κ2) is 8.52. The lowest BCUT2D eigenvalue weighted by molar-refractivity contribution is 0.179. The van der Waals surface area contributed by atoms with E-state index < -0.39 is 0 Å². The highest BCUT2D eigenvalue weighted by Crippen LogP contribution is 2.13. The predicted molar refractivity (Wildman–Crippen MR) is 90.5 cm³/mol. The number of para-hydroxylation sites is 1. The molecule has 22 heavy (non-hydrogen) atoms. The molecule has 0 N–H and O–H groups in total. The maximum Gasteiger partial charge on any atom is 0.122 e. The molecule has 0 aromatic heterocycles. The molecule has 0 bridgehead atoms. The summed E-state index contributed by atoms with van der Waals surface area (Å²) in [6, 6.07) is 17.7. The Hall–Kier alpha value is -2.75. The summed E-state index contributed by atoms with van der Waals surface area (Å²) in [5.74, 6) is 0.807. The number of hydrogen-bond donors (Lipinski definition) is 0. The van der Waals surface area contributed by atoms with Crippen molar-refractivity contribution in [2.75, 3.05) is 25.3 Å². The Morgan fingerprint density at radius 3 is 2.45 bits per heavy atom. The third-order valence-corrected chi connectivity index (χ3v) is 2.98. The number of nitrogens with zero attached hydrogens (tertiary/aromatic N) is 2. The van der Waals surface area contributed by atoms with Crippen molar-refractivity contribution < 1.29 is 9.47 Å². The molecule has 0 aliphatic heterocycles. The molecule has 2 aromatic rings. The summed E-state index contributed by atoms with van der Waals surface area (Å²) < 4.78 is 10.5. The molecule has 0 saturated carbocycles. The van der Waals surface area contributed by atoms with Gasteiger partial charge in [-0.25, -0.2) is 0 Å². The first-order valence-corrected chi connectivity index (χ1v) is 7.08. The van der Waals surface area contributed by atoms with Crippen molar-refractivity contribution >= 4 is 11.9 Å². The molecule has 4 nitrogen and oxygen atoms in total. The highest BCUT2D eigenvalue weighted by atomic mass is 16.5. The SMILES string of the molecule is C=COCCOc1ccc(C=NN(C)c2ccccc2)cc1. The summed E-state index contributed by atoms with van der Waals surface area (Å²) in [6.45, 7) is 4.47. The first kappa shape index (κ1) is 15.6. The number of benzene rings is 2. The van der Waals surface area contributed by atoms with Crippen LogP contribution in [0.5, 0.6) is 5.75 Å².